The summed E-state index contributed by atoms with van der Waals surface area (Å²) >= 11 is 5.79. The van der Waals surface area contributed by atoms with Gasteiger partial charge >= 0.3 is 11.7 Å². The van der Waals surface area contributed by atoms with E-state index in [1.54, 1.807) is 30.3 Å². The predicted molar refractivity (Wildman–Crippen MR) is 111 cm³/mol. The molecule has 0 spiro atoms. The highest BCUT2D eigenvalue weighted by Gasteiger charge is 2.22. The number of hydrogen-bond acceptors (Lipinski definition) is 6. The van der Waals surface area contributed by atoms with Gasteiger partial charge in [-0.15, -0.1) is 0 Å². The van der Waals surface area contributed by atoms with E-state index < -0.39 is 22.5 Å². The number of ether oxygens (including phenoxy) is 1. The number of nitro benzene ring substituents is 1. The zero-order chi connectivity index (χ0) is 21.5. The summed E-state index contributed by atoms with van der Waals surface area (Å²) < 4.78 is 5.28. The Balaban J connectivity index is 1.83. The summed E-state index contributed by atoms with van der Waals surface area (Å²) in [6.07, 6.45) is 1.16. The number of benzene rings is 3. The average Bonchev–Trinajstić information content (AvgIpc) is 2.75. The SMILES string of the molecule is O=C(N/N=C/c1cccc([N+](=O)[O-])c1OC(=O)c1ccccc1)c1ccc(Cl)cc1. The summed E-state index contributed by atoms with van der Waals surface area (Å²) in [5, 5.41) is 15.7. The maximum absolute atomic E-state index is 12.4. The van der Waals surface area contributed by atoms with Gasteiger partial charge in [-0.25, -0.2) is 10.2 Å². The minimum atomic E-state index is -0.759. The first-order chi connectivity index (χ1) is 14.5. The maximum atomic E-state index is 12.4. The van der Waals surface area contributed by atoms with E-state index in [1.807, 2.05) is 0 Å². The molecule has 0 aromatic heterocycles. The number of para-hydroxylation sites is 1. The van der Waals surface area contributed by atoms with Gasteiger partial charge < -0.3 is 4.74 Å². The molecule has 150 valence electrons. The molecular weight excluding hydrogens is 410 g/mol. The van der Waals surface area contributed by atoms with E-state index >= 15 is 0 Å². The van der Waals surface area contributed by atoms with E-state index in [0.717, 1.165) is 6.21 Å². The number of halogens is 1. The summed E-state index contributed by atoms with van der Waals surface area (Å²) in [6.45, 7) is 0. The molecule has 0 saturated heterocycles. The van der Waals surface area contributed by atoms with Crippen molar-refractivity contribution in [2.45, 2.75) is 0 Å². The van der Waals surface area contributed by atoms with Gasteiger partial charge in [0.1, 0.15) is 0 Å². The first kappa shape index (κ1) is 20.7. The van der Waals surface area contributed by atoms with E-state index in [1.165, 1.54) is 42.5 Å². The van der Waals surface area contributed by atoms with E-state index in [4.69, 9.17) is 16.3 Å². The molecule has 0 heterocycles. The number of carbonyl (C=O) groups excluding carboxylic acids is 2. The molecule has 1 N–H and O–H groups in total. The van der Waals surface area contributed by atoms with Gasteiger partial charge in [0.2, 0.25) is 5.75 Å². The van der Waals surface area contributed by atoms with E-state index in [0.29, 0.717) is 10.6 Å². The van der Waals surface area contributed by atoms with Gasteiger partial charge in [-0.3, -0.25) is 14.9 Å². The molecule has 3 aromatic carbocycles. The van der Waals surface area contributed by atoms with Crippen molar-refractivity contribution in [2.24, 2.45) is 5.10 Å². The van der Waals surface area contributed by atoms with Crippen molar-refractivity contribution in [1.29, 1.82) is 0 Å². The fraction of sp³-hybridized carbons (Fsp3) is 0. The van der Waals surface area contributed by atoms with E-state index in [-0.39, 0.29) is 16.9 Å². The Morgan fingerprint density at radius 1 is 0.967 bits per heavy atom. The molecule has 0 radical (unpaired) electrons. The van der Waals surface area contributed by atoms with Gasteiger partial charge in [-0.05, 0) is 42.5 Å². The highest BCUT2D eigenvalue weighted by molar-refractivity contribution is 6.30. The summed E-state index contributed by atoms with van der Waals surface area (Å²) in [5.41, 5.74) is 2.59. The van der Waals surface area contributed by atoms with Crippen LogP contribution in [0.1, 0.15) is 26.3 Å². The van der Waals surface area contributed by atoms with Gasteiger partial charge in [-0.1, -0.05) is 35.9 Å². The molecule has 0 fully saturated rings. The van der Waals surface area contributed by atoms with Crippen LogP contribution in [0.5, 0.6) is 5.75 Å². The number of nitro groups is 1. The van der Waals surface area contributed by atoms with Gasteiger partial charge in [0.25, 0.3) is 5.91 Å². The van der Waals surface area contributed by atoms with E-state index in [9.17, 15) is 19.7 Å². The second-order valence-electron chi connectivity index (χ2n) is 5.91. The maximum Gasteiger partial charge on any atom is 0.343 e. The van der Waals surface area contributed by atoms with Crippen LogP contribution in [0.3, 0.4) is 0 Å². The Morgan fingerprint density at radius 3 is 2.33 bits per heavy atom. The minimum absolute atomic E-state index is 0.143. The lowest BCUT2D eigenvalue weighted by atomic mass is 10.2. The number of amides is 1. The van der Waals surface area contributed by atoms with Crippen LogP contribution in [-0.4, -0.2) is 23.0 Å². The van der Waals surface area contributed by atoms with Crippen LogP contribution in [0.25, 0.3) is 0 Å². The topological polar surface area (TPSA) is 111 Å². The van der Waals surface area contributed by atoms with Gasteiger partial charge in [0.05, 0.1) is 16.7 Å². The molecule has 0 atom stereocenters. The molecule has 0 saturated carbocycles. The molecular formula is C21H14ClN3O5. The second-order valence-corrected chi connectivity index (χ2v) is 6.35. The van der Waals surface area contributed by atoms with Crippen LogP contribution in [0, 0.1) is 10.1 Å². The highest BCUT2D eigenvalue weighted by Crippen LogP contribution is 2.30. The lowest BCUT2D eigenvalue weighted by molar-refractivity contribution is -0.385. The molecule has 3 rings (SSSR count). The Labute approximate surface area is 175 Å². The number of nitrogens with zero attached hydrogens (tertiary/aromatic N) is 2. The van der Waals surface area contributed by atoms with Crippen LogP contribution in [0.2, 0.25) is 5.02 Å². The molecule has 8 nitrogen and oxygen atoms in total. The van der Waals surface area contributed by atoms with Crippen LogP contribution in [0.4, 0.5) is 5.69 Å². The first-order valence-electron chi connectivity index (χ1n) is 8.59. The third-order valence-corrected chi connectivity index (χ3v) is 4.15. The molecule has 0 bridgehead atoms. The lowest BCUT2D eigenvalue weighted by Crippen LogP contribution is -2.17. The predicted octanol–water partition coefficient (Wildman–Crippen LogP) is 4.23. The first-order valence-corrected chi connectivity index (χ1v) is 8.97. The number of nitrogens with one attached hydrogen (secondary N) is 1. The normalized spacial score (nSPS) is 10.6. The summed E-state index contributed by atoms with van der Waals surface area (Å²) in [6, 6.07) is 18.3. The zero-order valence-corrected chi connectivity index (χ0v) is 16.1. The molecule has 0 aliphatic carbocycles. The Kier molecular flexibility index (Phi) is 6.51. The summed E-state index contributed by atoms with van der Waals surface area (Å²) in [5.74, 6) is -1.54. The fourth-order valence-electron chi connectivity index (χ4n) is 2.45. The molecule has 0 aliphatic heterocycles. The summed E-state index contributed by atoms with van der Waals surface area (Å²) in [7, 11) is 0. The molecule has 0 unspecified atom stereocenters. The number of carbonyl (C=O) groups is 2. The van der Waals surface area contributed by atoms with Crippen molar-refractivity contribution in [3.8, 4) is 5.75 Å². The third-order valence-electron chi connectivity index (χ3n) is 3.90. The lowest BCUT2D eigenvalue weighted by Gasteiger charge is -2.08. The van der Waals surface area contributed by atoms with Crippen LogP contribution < -0.4 is 10.2 Å². The highest BCUT2D eigenvalue weighted by atomic mass is 35.5. The smallest absolute Gasteiger partial charge is 0.343 e. The van der Waals surface area contributed by atoms with Crippen molar-refractivity contribution in [3.63, 3.8) is 0 Å². The van der Waals surface area contributed by atoms with Crippen molar-refractivity contribution in [2.75, 3.05) is 0 Å². The van der Waals surface area contributed by atoms with Gasteiger partial charge in [-0.2, -0.15) is 5.10 Å². The summed E-state index contributed by atoms with van der Waals surface area (Å²) in [4.78, 5) is 35.2. The van der Waals surface area contributed by atoms with Crippen LogP contribution >= 0.6 is 11.6 Å². The van der Waals surface area contributed by atoms with Gasteiger partial charge in [0, 0.05) is 22.2 Å². The Bertz CT molecular complexity index is 1120. The van der Waals surface area contributed by atoms with Crippen molar-refractivity contribution >= 4 is 35.4 Å². The van der Waals surface area contributed by atoms with Crippen molar-refractivity contribution < 1.29 is 19.2 Å². The minimum Gasteiger partial charge on any atom is -0.415 e. The third kappa shape index (κ3) is 5.06. The monoisotopic (exact) mass is 423 g/mol. The molecule has 30 heavy (non-hydrogen) atoms. The Morgan fingerprint density at radius 2 is 1.67 bits per heavy atom. The fourth-order valence-corrected chi connectivity index (χ4v) is 2.58. The van der Waals surface area contributed by atoms with Gasteiger partial charge in [0.15, 0.2) is 0 Å². The molecule has 0 aliphatic rings. The number of esters is 1. The molecule has 9 heteroatoms. The standard InChI is InChI=1S/C21H14ClN3O5/c22-17-11-9-14(10-12-17)20(26)24-23-13-16-7-4-8-18(25(28)29)19(16)30-21(27)15-5-2-1-3-6-15/h1-13H,(H,24,26)/b23-13+. The van der Waals surface area contributed by atoms with Crippen LogP contribution in [0.15, 0.2) is 77.9 Å². The number of hydrazone groups is 1. The van der Waals surface area contributed by atoms with Crippen LogP contribution in [-0.2, 0) is 0 Å². The second kappa shape index (κ2) is 9.44. The number of hydrogen-bond donors (Lipinski definition) is 1. The molecule has 3 aromatic rings. The average molecular weight is 424 g/mol. The quantitative estimate of drug-likeness (QED) is 0.210. The van der Waals surface area contributed by atoms with Crippen molar-refractivity contribution in [1.82, 2.24) is 5.43 Å². The van der Waals surface area contributed by atoms with E-state index in [2.05, 4.69) is 10.5 Å². The largest absolute Gasteiger partial charge is 0.415 e. The zero-order valence-electron chi connectivity index (χ0n) is 15.3. The number of rotatable bonds is 6. The Hall–Kier alpha value is -4.04. The van der Waals surface area contributed by atoms with Crippen molar-refractivity contribution in [3.05, 3.63) is 105 Å². The molecule has 1 amide bonds.